The highest BCUT2D eigenvalue weighted by atomic mass is 32.2. The molecule has 0 aliphatic heterocycles. The van der Waals surface area contributed by atoms with Crippen LogP contribution < -0.4 is 14.2 Å². The fraction of sp³-hybridized carbons (Fsp3) is 0.409. The van der Waals surface area contributed by atoms with E-state index in [9.17, 15) is 22.0 Å². The van der Waals surface area contributed by atoms with Gasteiger partial charge in [0.25, 0.3) is 0 Å². The molecule has 0 aromatic heterocycles. The van der Waals surface area contributed by atoms with Crippen molar-refractivity contribution in [3.05, 3.63) is 53.1 Å². The number of nitrogens with one attached hydrogen (secondary N) is 1. The summed E-state index contributed by atoms with van der Waals surface area (Å²) in [5.41, 5.74) is 2.10. The van der Waals surface area contributed by atoms with E-state index in [1.807, 2.05) is 6.07 Å². The molecule has 7 nitrogen and oxygen atoms in total. The number of benzene rings is 2. The van der Waals surface area contributed by atoms with Crippen LogP contribution in [-0.2, 0) is 21.4 Å². The molecular weight excluding hydrogens is 442 g/mol. The lowest BCUT2D eigenvalue weighted by molar-refractivity contribution is -0.130. The molecule has 0 bridgehead atoms. The van der Waals surface area contributed by atoms with E-state index in [1.54, 1.807) is 46.0 Å². The van der Waals surface area contributed by atoms with Gasteiger partial charge < -0.3 is 14.4 Å². The Hall–Kier alpha value is -2.72. The highest BCUT2D eigenvalue weighted by Crippen LogP contribution is 2.30. The predicted molar refractivity (Wildman–Crippen MR) is 116 cm³/mol. The lowest BCUT2D eigenvalue weighted by Gasteiger charge is -2.19. The van der Waals surface area contributed by atoms with E-state index in [1.165, 1.54) is 17.0 Å². The summed E-state index contributed by atoms with van der Waals surface area (Å²) in [7, 11) is -2.16. The molecule has 2 aromatic rings. The molecule has 1 amide bonds. The second-order valence-corrected chi connectivity index (χ2v) is 8.99. The number of nitrogens with zero attached hydrogens (tertiary/aromatic N) is 1. The van der Waals surface area contributed by atoms with E-state index in [0.29, 0.717) is 11.1 Å². The number of aryl methyl sites for hydroxylation is 2. The van der Waals surface area contributed by atoms with Crippen molar-refractivity contribution in [3.8, 4) is 11.5 Å². The molecule has 0 saturated heterocycles. The Bertz CT molecular complexity index is 1040. The van der Waals surface area contributed by atoms with Crippen molar-refractivity contribution in [3.63, 3.8) is 0 Å². The van der Waals surface area contributed by atoms with E-state index in [-0.39, 0.29) is 48.4 Å². The third-order valence-corrected chi connectivity index (χ3v) is 6.24. The number of carbonyl (C=O) groups excluding carboxylic acids is 1. The first-order valence-electron chi connectivity index (χ1n) is 10.0. The van der Waals surface area contributed by atoms with Crippen LogP contribution in [0.5, 0.6) is 11.5 Å². The Balaban J connectivity index is 1.97. The molecule has 0 unspecified atom stereocenters. The molecule has 1 N–H and O–H groups in total. The molecule has 0 aliphatic rings. The molecule has 2 rings (SSSR count). The zero-order valence-electron chi connectivity index (χ0n) is 18.5. The molecular formula is C22H28F2N2O5S. The number of sulfonamides is 1. The molecule has 0 saturated carbocycles. The smallest absolute Gasteiger partial charge is 0.387 e. The van der Waals surface area contributed by atoms with Crippen molar-refractivity contribution >= 4 is 15.9 Å². The second kappa shape index (κ2) is 11.2. The van der Waals surface area contributed by atoms with Crippen LogP contribution in [0.15, 0.2) is 41.3 Å². The van der Waals surface area contributed by atoms with Gasteiger partial charge in [-0.3, -0.25) is 4.79 Å². The van der Waals surface area contributed by atoms with Gasteiger partial charge in [0.1, 0.15) is 0 Å². The first kappa shape index (κ1) is 25.5. The van der Waals surface area contributed by atoms with Crippen molar-refractivity contribution in [2.75, 3.05) is 20.2 Å². The van der Waals surface area contributed by atoms with Gasteiger partial charge in [-0.05, 0) is 55.7 Å². The van der Waals surface area contributed by atoms with Crippen LogP contribution in [0.2, 0.25) is 0 Å². The summed E-state index contributed by atoms with van der Waals surface area (Å²) in [5, 5.41) is 0. The summed E-state index contributed by atoms with van der Waals surface area (Å²) in [4.78, 5) is 14.1. The van der Waals surface area contributed by atoms with Crippen molar-refractivity contribution in [2.24, 2.45) is 0 Å². The highest BCUT2D eigenvalue weighted by molar-refractivity contribution is 7.89. The number of carbonyl (C=O) groups is 1. The third-order valence-electron chi connectivity index (χ3n) is 4.63. The molecule has 0 fully saturated rings. The van der Waals surface area contributed by atoms with Crippen LogP contribution in [0.1, 0.15) is 30.0 Å². The molecule has 0 heterocycles. The normalized spacial score (nSPS) is 11.5. The summed E-state index contributed by atoms with van der Waals surface area (Å²) >= 11 is 0. The van der Waals surface area contributed by atoms with Gasteiger partial charge in [-0.2, -0.15) is 8.78 Å². The van der Waals surface area contributed by atoms with Gasteiger partial charge >= 0.3 is 6.61 Å². The average Bonchev–Trinajstić information content (AvgIpc) is 2.71. The average molecular weight is 471 g/mol. The van der Waals surface area contributed by atoms with E-state index in [4.69, 9.17) is 4.74 Å². The van der Waals surface area contributed by atoms with E-state index in [2.05, 4.69) is 9.46 Å². The minimum Gasteiger partial charge on any atom is -0.490 e. The van der Waals surface area contributed by atoms with Crippen LogP contribution in [0.25, 0.3) is 0 Å². The van der Waals surface area contributed by atoms with Crippen molar-refractivity contribution in [1.82, 2.24) is 9.62 Å². The van der Waals surface area contributed by atoms with E-state index in [0.717, 1.165) is 5.56 Å². The fourth-order valence-corrected chi connectivity index (χ4v) is 4.39. The number of hydrogen-bond acceptors (Lipinski definition) is 5. The molecule has 32 heavy (non-hydrogen) atoms. The Morgan fingerprint density at radius 2 is 1.84 bits per heavy atom. The van der Waals surface area contributed by atoms with E-state index >= 15 is 0 Å². The van der Waals surface area contributed by atoms with Gasteiger partial charge in [-0.25, -0.2) is 13.1 Å². The number of rotatable bonds is 11. The summed E-state index contributed by atoms with van der Waals surface area (Å²) < 4.78 is 62.4. The van der Waals surface area contributed by atoms with Gasteiger partial charge in [-0.1, -0.05) is 18.2 Å². The van der Waals surface area contributed by atoms with Crippen LogP contribution in [0, 0.1) is 13.8 Å². The number of amides is 1. The molecule has 10 heteroatoms. The minimum atomic E-state index is -3.73. The number of alkyl halides is 2. The van der Waals surface area contributed by atoms with Gasteiger partial charge in [0.15, 0.2) is 11.5 Å². The van der Waals surface area contributed by atoms with Gasteiger partial charge in [-0.15, -0.1) is 0 Å². The molecule has 0 aliphatic carbocycles. The summed E-state index contributed by atoms with van der Waals surface area (Å²) in [6, 6.07) is 9.61. The Morgan fingerprint density at radius 3 is 2.50 bits per heavy atom. The maximum Gasteiger partial charge on any atom is 0.387 e. The summed E-state index contributed by atoms with van der Waals surface area (Å²) in [5.74, 6) is -0.201. The zero-order chi connectivity index (χ0) is 23.9. The Morgan fingerprint density at radius 1 is 1.12 bits per heavy atom. The Labute approximate surface area is 187 Å². The monoisotopic (exact) mass is 470 g/mol. The number of ether oxygens (including phenoxy) is 2. The zero-order valence-corrected chi connectivity index (χ0v) is 19.3. The topological polar surface area (TPSA) is 84.9 Å². The van der Waals surface area contributed by atoms with Gasteiger partial charge in [0, 0.05) is 26.6 Å². The Kier molecular flexibility index (Phi) is 8.97. The van der Waals surface area contributed by atoms with E-state index < -0.39 is 16.6 Å². The highest BCUT2D eigenvalue weighted by Gasteiger charge is 2.18. The van der Waals surface area contributed by atoms with Crippen molar-refractivity contribution in [1.29, 1.82) is 0 Å². The largest absolute Gasteiger partial charge is 0.490 e. The summed E-state index contributed by atoms with van der Waals surface area (Å²) in [6.45, 7) is 2.66. The molecule has 176 valence electrons. The quantitative estimate of drug-likeness (QED) is 0.542. The van der Waals surface area contributed by atoms with Crippen LogP contribution in [0.4, 0.5) is 8.78 Å². The first-order valence-corrected chi connectivity index (χ1v) is 11.5. The predicted octanol–water partition coefficient (Wildman–Crippen LogP) is 3.63. The SMILES string of the molecule is CCOc1cc(CN(C)C(=O)CCNS(=O)(=O)c2cc(C)ccc2C)ccc1OC(F)F. The van der Waals surface area contributed by atoms with Crippen molar-refractivity contribution < 1.29 is 31.5 Å². The maximum atomic E-state index is 12.5. The fourth-order valence-electron chi connectivity index (χ4n) is 3.03. The van der Waals surface area contributed by atoms with Crippen LogP contribution in [-0.4, -0.2) is 46.0 Å². The van der Waals surface area contributed by atoms with Gasteiger partial charge in [0.2, 0.25) is 15.9 Å². The van der Waals surface area contributed by atoms with Crippen molar-refractivity contribution in [2.45, 2.75) is 45.2 Å². The molecule has 0 spiro atoms. The van der Waals surface area contributed by atoms with Gasteiger partial charge in [0.05, 0.1) is 11.5 Å². The third kappa shape index (κ3) is 7.16. The summed E-state index contributed by atoms with van der Waals surface area (Å²) in [6.07, 6.45) is -0.0362. The van der Waals surface area contributed by atoms with Crippen LogP contribution >= 0.6 is 0 Å². The number of halogens is 2. The van der Waals surface area contributed by atoms with Crippen LogP contribution in [0.3, 0.4) is 0 Å². The lowest BCUT2D eigenvalue weighted by Crippen LogP contribution is -2.32. The standard InChI is InChI=1S/C22H28F2N2O5S/c1-5-30-19-13-17(8-9-18(19)31-22(23)24)14-26(4)21(27)10-11-25-32(28,29)20-12-15(2)6-7-16(20)3/h6-9,12-13,22,25H,5,10-11,14H2,1-4H3. The molecule has 2 aromatic carbocycles. The maximum absolute atomic E-state index is 12.5. The minimum absolute atomic E-state index is 0.0362. The second-order valence-electron chi connectivity index (χ2n) is 7.26. The molecule has 0 radical (unpaired) electrons. The first-order chi connectivity index (χ1) is 15.0. The molecule has 0 atom stereocenters. The number of hydrogen-bond donors (Lipinski definition) is 1. The lowest BCUT2D eigenvalue weighted by atomic mass is 10.2.